The molecule has 0 aromatic heterocycles. The van der Waals surface area contributed by atoms with Crippen molar-refractivity contribution in [2.75, 3.05) is 36.4 Å². The highest BCUT2D eigenvalue weighted by Gasteiger charge is 2.33. The van der Waals surface area contributed by atoms with Gasteiger partial charge >= 0.3 is 12.2 Å². The SMILES string of the molecule is O=C(CN1C(=O)CNC1=O)Nc1cc(C(F)(F)F)ccc1N1CCCC1. The normalized spacial score (nSPS) is 17.7. The van der Waals surface area contributed by atoms with E-state index >= 15 is 0 Å². The number of rotatable bonds is 4. The Bertz CT molecular complexity index is 729. The number of alkyl halides is 3. The smallest absolute Gasteiger partial charge is 0.370 e. The van der Waals surface area contributed by atoms with Gasteiger partial charge in [0, 0.05) is 13.1 Å². The first-order valence-corrected chi connectivity index (χ1v) is 8.10. The summed E-state index contributed by atoms with van der Waals surface area (Å²) < 4.78 is 39.0. The van der Waals surface area contributed by atoms with Crippen molar-refractivity contribution in [3.05, 3.63) is 23.8 Å². The van der Waals surface area contributed by atoms with Crippen LogP contribution in [-0.4, -0.2) is 48.9 Å². The van der Waals surface area contributed by atoms with Crippen molar-refractivity contribution in [1.82, 2.24) is 10.2 Å². The number of carbonyl (C=O) groups excluding carboxylic acids is 3. The maximum Gasteiger partial charge on any atom is 0.416 e. The van der Waals surface area contributed by atoms with Crippen LogP contribution < -0.4 is 15.5 Å². The van der Waals surface area contributed by atoms with Crippen LogP contribution in [0.5, 0.6) is 0 Å². The first-order valence-electron chi connectivity index (χ1n) is 8.10. The zero-order chi connectivity index (χ0) is 18.9. The van der Waals surface area contributed by atoms with Crippen molar-refractivity contribution in [2.24, 2.45) is 0 Å². The molecule has 3 rings (SSSR count). The summed E-state index contributed by atoms with van der Waals surface area (Å²) >= 11 is 0. The van der Waals surface area contributed by atoms with Crippen LogP contribution in [0.1, 0.15) is 18.4 Å². The van der Waals surface area contributed by atoms with Gasteiger partial charge in [0.25, 0.3) is 5.91 Å². The Morgan fingerprint density at radius 3 is 2.46 bits per heavy atom. The maximum atomic E-state index is 13.0. The lowest BCUT2D eigenvalue weighted by molar-refractivity contribution is -0.137. The van der Waals surface area contributed by atoms with E-state index in [4.69, 9.17) is 0 Å². The molecule has 2 heterocycles. The van der Waals surface area contributed by atoms with Crippen LogP contribution in [-0.2, 0) is 15.8 Å². The Morgan fingerprint density at radius 1 is 1.19 bits per heavy atom. The molecule has 140 valence electrons. The van der Waals surface area contributed by atoms with E-state index in [-0.39, 0.29) is 12.2 Å². The summed E-state index contributed by atoms with van der Waals surface area (Å²) in [5.74, 6) is -1.30. The van der Waals surface area contributed by atoms with Gasteiger partial charge in [0.05, 0.1) is 23.5 Å². The maximum absolute atomic E-state index is 13.0. The summed E-state index contributed by atoms with van der Waals surface area (Å²) in [5, 5.41) is 4.69. The minimum atomic E-state index is -4.55. The van der Waals surface area contributed by atoms with Crippen LogP contribution >= 0.6 is 0 Å². The zero-order valence-corrected chi connectivity index (χ0v) is 13.7. The molecule has 4 amide bonds. The van der Waals surface area contributed by atoms with Crippen LogP contribution in [0, 0.1) is 0 Å². The standard InChI is InChI=1S/C16H17F3N4O3/c17-16(18,19)10-3-4-12(22-5-1-2-6-22)11(7-10)21-13(24)9-23-14(25)8-20-15(23)26/h3-4,7H,1-2,5-6,8-9H2,(H,20,26)(H,21,24). The molecule has 2 aliphatic heterocycles. The van der Waals surface area contributed by atoms with E-state index in [9.17, 15) is 27.6 Å². The molecule has 0 atom stereocenters. The third-order valence-corrected chi connectivity index (χ3v) is 4.28. The molecule has 10 heteroatoms. The average Bonchev–Trinajstić information content (AvgIpc) is 3.20. The van der Waals surface area contributed by atoms with Gasteiger partial charge in [-0.3, -0.25) is 14.5 Å². The van der Waals surface area contributed by atoms with Crippen molar-refractivity contribution in [3.8, 4) is 0 Å². The number of benzene rings is 1. The van der Waals surface area contributed by atoms with Crippen LogP contribution in [0.2, 0.25) is 0 Å². The van der Waals surface area contributed by atoms with Gasteiger partial charge in [0.1, 0.15) is 6.54 Å². The van der Waals surface area contributed by atoms with Gasteiger partial charge in [-0.15, -0.1) is 0 Å². The Kier molecular flexibility index (Phi) is 4.75. The highest BCUT2D eigenvalue weighted by atomic mass is 19.4. The minimum Gasteiger partial charge on any atom is -0.370 e. The summed E-state index contributed by atoms with van der Waals surface area (Å²) in [4.78, 5) is 37.8. The number of carbonyl (C=O) groups is 3. The summed E-state index contributed by atoms with van der Waals surface area (Å²) in [6, 6.07) is 2.48. The quantitative estimate of drug-likeness (QED) is 0.792. The number of hydrogen-bond donors (Lipinski definition) is 2. The van der Waals surface area contributed by atoms with Crippen LogP contribution in [0.15, 0.2) is 18.2 Å². The van der Waals surface area contributed by atoms with Crippen molar-refractivity contribution in [1.29, 1.82) is 0 Å². The van der Waals surface area contributed by atoms with E-state index in [1.54, 1.807) is 0 Å². The molecule has 0 spiro atoms. The Balaban J connectivity index is 1.82. The summed E-state index contributed by atoms with van der Waals surface area (Å²) in [6.07, 6.45) is -2.72. The summed E-state index contributed by atoms with van der Waals surface area (Å²) in [5.41, 5.74) is -0.384. The molecule has 2 fully saturated rings. The molecule has 1 aromatic rings. The van der Waals surface area contributed by atoms with Gasteiger partial charge in [0.2, 0.25) is 5.91 Å². The molecule has 0 aliphatic carbocycles. The van der Waals surface area contributed by atoms with E-state index in [1.165, 1.54) is 6.07 Å². The first kappa shape index (κ1) is 18.0. The van der Waals surface area contributed by atoms with Crippen molar-refractivity contribution in [3.63, 3.8) is 0 Å². The fourth-order valence-corrected chi connectivity index (χ4v) is 2.99. The number of nitrogens with one attached hydrogen (secondary N) is 2. The van der Waals surface area contributed by atoms with Gasteiger partial charge < -0.3 is 15.5 Å². The molecule has 2 aliphatic rings. The Hall–Kier alpha value is -2.78. The molecule has 0 saturated carbocycles. The third-order valence-electron chi connectivity index (χ3n) is 4.28. The van der Waals surface area contributed by atoms with E-state index < -0.39 is 36.1 Å². The molecule has 0 bridgehead atoms. The lowest BCUT2D eigenvalue weighted by atomic mass is 10.1. The third kappa shape index (κ3) is 3.73. The lowest BCUT2D eigenvalue weighted by Gasteiger charge is -2.23. The number of hydrogen-bond acceptors (Lipinski definition) is 4. The second-order valence-electron chi connectivity index (χ2n) is 6.11. The second kappa shape index (κ2) is 6.85. The number of anilines is 2. The van der Waals surface area contributed by atoms with E-state index in [2.05, 4.69) is 10.6 Å². The topological polar surface area (TPSA) is 81.8 Å². The Morgan fingerprint density at radius 2 is 1.88 bits per heavy atom. The lowest BCUT2D eigenvalue weighted by Crippen LogP contribution is -2.38. The summed E-state index contributed by atoms with van der Waals surface area (Å²) in [6.45, 7) is 0.609. The van der Waals surface area contributed by atoms with Gasteiger partial charge in [-0.1, -0.05) is 0 Å². The molecule has 2 N–H and O–H groups in total. The minimum absolute atomic E-state index is 0.0128. The van der Waals surface area contributed by atoms with Crippen LogP contribution in [0.25, 0.3) is 0 Å². The highest BCUT2D eigenvalue weighted by molar-refractivity contribution is 6.06. The number of nitrogens with zero attached hydrogens (tertiary/aromatic N) is 2. The number of urea groups is 1. The van der Waals surface area contributed by atoms with Gasteiger partial charge in [-0.05, 0) is 31.0 Å². The second-order valence-corrected chi connectivity index (χ2v) is 6.11. The Labute approximate surface area is 147 Å². The van der Waals surface area contributed by atoms with Crippen molar-refractivity contribution in [2.45, 2.75) is 19.0 Å². The molecule has 26 heavy (non-hydrogen) atoms. The zero-order valence-electron chi connectivity index (χ0n) is 13.7. The van der Waals surface area contributed by atoms with E-state index in [0.29, 0.717) is 18.8 Å². The van der Waals surface area contributed by atoms with Gasteiger partial charge in [-0.25, -0.2) is 4.79 Å². The van der Waals surface area contributed by atoms with Gasteiger partial charge in [0.15, 0.2) is 0 Å². The average molecular weight is 370 g/mol. The number of amides is 4. The molecule has 0 radical (unpaired) electrons. The molecular weight excluding hydrogens is 353 g/mol. The fraction of sp³-hybridized carbons (Fsp3) is 0.438. The molecule has 1 aromatic carbocycles. The monoisotopic (exact) mass is 370 g/mol. The largest absolute Gasteiger partial charge is 0.416 e. The van der Waals surface area contributed by atoms with E-state index in [1.807, 2.05) is 4.90 Å². The summed E-state index contributed by atoms with van der Waals surface area (Å²) in [7, 11) is 0. The van der Waals surface area contributed by atoms with Crippen LogP contribution in [0.4, 0.5) is 29.3 Å². The van der Waals surface area contributed by atoms with Crippen molar-refractivity contribution >= 4 is 29.2 Å². The number of halogens is 3. The van der Waals surface area contributed by atoms with Crippen molar-refractivity contribution < 1.29 is 27.6 Å². The van der Waals surface area contributed by atoms with Gasteiger partial charge in [-0.2, -0.15) is 13.2 Å². The highest BCUT2D eigenvalue weighted by Crippen LogP contribution is 2.36. The molecule has 2 saturated heterocycles. The molecule has 0 unspecified atom stereocenters. The molecular formula is C16H17F3N4O3. The molecule has 7 nitrogen and oxygen atoms in total. The predicted octanol–water partition coefficient (Wildman–Crippen LogP) is 1.80. The predicted molar refractivity (Wildman–Crippen MR) is 86.6 cm³/mol. The first-order chi connectivity index (χ1) is 12.3. The van der Waals surface area contributed by atoms with Crippen LogP contribution in [0.3, 0.4) is 0 Å². The van der Waals surface area contributed by atoms with E-state index in [0.717, 1.165) is 29.9 Å². The fourth-order valence-electron chi connectivity index (χ4n) is 2.99. The number of imide groups is 1.